The zero-order chi connectivity index (χ0) is 13.1. The van der Waals surface area contributed by atoms with Crippen LogP contribution < -0.4 is 5.32 Å². The molecule has 0 aromatic carbocycles. The van der Waals surface area contributed by atoms with Crippen LogP contribution in [-0.4, -0.2) is 27.5 Å². The zero-order valence-corrected chi connectivity index (χ0v) is 12.3. The van der Waals surface area contributed by atoms with Gasteiger partial charge in [0, 0.05) is 11.4 Å². The van der Waals surface area contributed by atoms with Gasteiger partial charge in [0.2, 0.25) is 0 Å². The summed E-state index contributed by atoms with van der Waals surface area (Å²) in [5.41, 5.74) is 2.19. The van der Waals surface area contributed by atoms with E-state index in [1.165, 1.54) is 12.8 Å². The van der Waals surface area contributed by atoms with E-state index in [1.54, 1.807) is 0 Å². The monoisotopic (exact) mass is 311 g/mol. The van der Waals surface area contributed by atoms with Crippen molar-refractivity contribution < 1.29 is 4.79 Å². The van der Waals surface area contributed by atoms with Crippen LogP contribution in [0.2, 0.25) is 0 Å². The molecule has 0 bridgehead atoms. The smallest absolute Gasteiger partial charge is 0.253 e. The molecule has 1 N–H and O–H groups in total. The van der Waals surface area contributed by atoms with Gasteiger partial charge in [-0.05, 0) is 38.2 Å². The molecule has 1 aliphatic rings. The zero-order valence-electron chi connectivity index (χ0n) is 10.7. The van der Waals surface area contributed by atoms with Crippen molar-refractivity contribution in [1.82, 2.24) is 15.5 Å². The Bertz CT molecular complexity index is 446. The van der Waals surface area contributed by atoms with E-state index >= 15 is 0 Å². The quantitative estimate of drug-likeness (QED) is 0.849. The van der Waals surface area contributed by atoms with Gasteiger partial charge in [-0.25, -0.2) is 0 Å². The van der Waals surface area contributed by atoms with Crippen LogP contribution in [-0.2, 0) is 6.42 Å². The van der Waals surface area contributed by atoms with Crippen molar-refractivity contribution in [2.24, 2.45) is 5.92 Å². The molecule has 1 unspecified atom stereocenters. The van der Waals surface area contributed by atoms with E-state index in [4.69, 9.17) is 0 Å². The van der Waals surface area contributed by atoms with Gasteiger partial charge in [0.15, 0.2) is 0 Å². The van der Waals surface area contributed by atoms with Crippen molar-refractivity contribution in [2.45, 2.75) is 37.9 Å². The molecule has 1 atom stereocenters. The SMILES string of the molecule is CCc1nnc(C)cc1C(=O)NCC(Br)C1CC1. The highest BCUT2D eigenvalue weighted by Crippen LogP contribution is 2.36. The van der Waals surface area contributed by atoms with Gasteiger partial charge in [0.05, 0.1) is 17.0 Å². The highest BCUT2D eigenvalue weighted by molar-refractivity contribution is 9.09. The van der Waals surface area contributed by atoms with Crippen molar-refractivity contribution in [3.8, 4) is 0 Å². The normalized spacial score (nSPS) is 16.4. The van der Waals surface area contributed by atoms with Crippen LogP contribution in [0.15, 0.2) is 6.07 Å². The number of rotatable bonds is 5. The Morgan fingerprint density at radius 1 is 1.56 bits per heavy atom. The first-order valence-electron chi connectivity index (χ1n) is 6.37. The van der Waals surface area contributed by atoms with Crippen molar-refractivity contribution in [3.63, 3.8) is 0 Å². The number of alkyl halides is 1. The number of hydrogen-bond acceptors (Lipinski definition) is 3. The molecule has 98 valence electrons. The molecule has 0 radical (unpaired) electrons. The molecule has 1 heterocycles. The molecule has 5 heteroatoms. The lowest BCUT2D eigenvalue weighted by atomic mass is 10.1. The Morgan fingerprint density at radius 3 is 2.89 bits per heavy atom. The largest absolute Gasteiger partial charge is 0.351 e. The number of halogens is 1. The number of nitrogens with zero attached hydrogens (tertiary/aromatic N) is 2. The van der Waals surface area contributed by atoms with Crippen LogP contribution in [0.1, 0.15) is 41.5 Å². The lowest BCUT2D eigenvalue weighted by Gasteiger charge is -2.11. The van der Waals surface area contributed by atoms with Crippen LogP contribution in [0.4, 0.5) is 0 Å². The van der Waals surface area contributed by atoms with E-state index in [1.807, 2.05) is 19.9 Å². The molecule has 2 rings (SSSR count). The summed E-state index contributed by atoms with van der Waals surface area (Å²) in [5, 5.41) is 11.0. The van der Waals surface area contributed by atoms with Gasteiger partial charge >= 0.3 is 0 Å². The predicted molar refractivity (Wildman–Crippen MR) is 73.9 cm³/mol. The second-order valence-corrected chi connectivity index (χ2v) is 5.94. The van der Waals surface area contributed by atoms with Crippen molar-refractivity contribution >= 4 is 21.8 Å². The van der Waals surface area contributed by atoms with Gasteiger partial charge in [-0.3, -0.25) is 4.79 Å². The average Bonchev–Trinajstić information content (AvgIpc) is 3.19. The molecule has 0 saturated heterocycles. The lowest BCUT2D eigenvalue weighted by Crippen LogP contribution is -2.31. The number of aromatic nitrogens is 2. The third-order valence-corrected chi connectivity index (χ3v) is 4.23. The number of carbonyl (C=O) groups excluding carboxylic acids is 1. The van der Waals surface area contributed by atoms with Gasteiger partial charge in [-0.15, -0.1) is 0 Å². The second-order valence-electron chi connectivity index (χ2n) is 4.76. The topological polar surface area (TPSA) is 54.9 Å². The summed E-state index contributed by atoms with van der Waals surface area (Å²) < 4.78 is 0. The molecule has 1 amide bonds. The summed E-state index contributed by atoms with van der Waals surface area (Å²) in [6, 6.07) is 1.81. The van der Waals surface area contributed by atoms with Crippen LogP contribution in [0.5, 0.6) is 0 Å². The Labute approximate surface area is 116 Å². The maximum atomic E-state index is 12.1. The Kier molecular flexibility index (Phi) is 4.32. The molecular formula is C13H18BrN3O. The summed E-state index contributed by atoms with van der Waals surface area (Å²) in [6.07, 6.45) is 3.25. The molecule has 0 aliphatic heterocycles. The first-order chi connectivity index (χ1) is 8.61. The highest BCUT2D eigenvalue weighted by Gasteiger charge is 2.29. The molecule has 1 aromatic heterocycles. The number of hydrogen-bond donors (Lipinski definition) is 1. The van der Waals surface area contributed by atoms with Gasteiger partial charge in [0.1, 0.15) is 0 Å². The molecule has 18 heavy (non-hydrogen) atoms. The van der Waals surface area contributed by atoms with Crippen molar-refractivity contribution in [3.05, 3.63) is 23.0 Å². The van der Waals surface area contributed by atoms with E-state index in [0.717, 1.165) is 23.7 Å². The molecule has 1 aliphatic carbocycles. The summed E-state index contributed by atoms with van der Waals surface area (Å²) in [4.78, 5) is 12.5. The second kappa shape index (κ2) is 5.78. The van der Waals surface area contributed by atoms with Gasteiger partial charge < -0.3 is 5.32 Å². The van der Waals surface area contributed by atoms with Crippen LogP contribution in [0.3, 0.4) is 0 Å². The van der Waals surface area contributed by atoms with E-state index < -0.39 is 0 Å². The molecule has 1 saturated carbocycles. The van der Waals surface area contributed by atoms with E-state index in [2.05, 4.69) is 31.4 Å². The third kappa shape index (κ3) is 3.28. The third-order valence-electron chi connectivity index (χ3n) is 3.16. The highest BCUT2D eigenvalue weighted by atomic mass is 79.9. The van der Waals surface area contributed by atoms with Gasteiger partial charge in [-0.2, -0.15) is 10.2 Å². The van der Waals surface area contributed by atoms with Crippen LogP contribution in [0, 0.1) is 12.8 Å². The fraction of sp³-hybridized carbons (Fsp3) is 0.615. The first-order valence-corrected chi connectivity index (χ1v) is 7.28. The van der Waals surface area contributed by atoms with Gasteiger partial charge in [-0.1, -0.05) is 22.9 Å². The maximum Gasteiger partial charge on any atom is 0.253 e. The summed E-state index contributed by atoms with van der Waals surface area (Å²) in [5.74, 6) is 0.684. The summed E-state index contributed by atoms with van der Waals surface area (Å²) in [7, 11) is 0. The first kappa shape index (κ1) is 13.5. The number of amides is 1. The number of aryl methyl sites for hydroxylation is 2. The van der Waals surface area contributed by atoms with Gasteiger partial charge in [0.25, 0.3) is 5.91 Å². The van der Waals surface area contributed by atoms with Crippen molar-refractivity contribution in [1.29, 1.82) is 0 Å². The number of nitrogens with one attached hydrogen (secondary N) is 1. The molecule has 0 spiro atoms. The molecule has 4 nitrogen and oxygen atoms in total. The standard InChI is InChI=1S/C13H18BrN3O/c1-3-12-10(6-8(2)16-17-12)13(18)15-7-11(14)9-4-5-9/h6,9,11H,3-5,7H2,1-2H3,(H,15,18). The fourth-order valence-electron chi connectivity index (χ4n) is 1.88. The minimum Gasteiger partial charge on any atom is -0.351 e. The molecule has 1 fully saturated rings. The Morgan fingerprint density at radius 2 is 2.28 bits per heavy atom. The molecule has 1 aromatic rings. The van der Waals surface area contributed by atoms with E-state index in [9.17, 15) is 4.79 Å². The summed E-state index contributed by atoms with van der Waals surface area (Å²) in [6.45, 7) is 4.50. The van der Waals surface area contributed by atoms with E-state index in [0.29, 0.717) is 16.9 Å². The molecular weight excluding hydrogens is 294 g/mol. The average molecular weight is 312 g/mol. The van der Waals surface area contributed by atoms with Crippen LogP contribution in [0.25, 0.3) is 0 Å². The predicted octanol–water partition coefficient (Wildman–Crippen LogP) is 2.25. The minimum atomic E-state index is -0.0463. The Balaban J connectivity index is 2.00. The van der Waals surface area contributed by atoms with E-state index in [-0.39, 0.29) is 5.91 Å². The minimum absolute atomic E-state index is 0.0463. The fourth-order valence-corrected chi connectivity index (χ4v) is 2.57. The maximum absolute atomic E-state index is 12.1. The van der Waals surface area contributed by atoms with Crippen LogP contribution >= 0.6 is 15.9 Å². The Hall–Kier alpha value is -0.970. The van der Waals surface area contributed by atoms with Crippen molar-refractivity contribution in [2.75, 3.05) is 6.54 Å². The number of carbonyl (C=O) groups is 1. The lowest BCUT2D eigenvalue weighted by molar-refractivity contribution is 0.0951. The summed E-state index contributed by atoms with van der Waals surface area (Å²) >= 11 is 3.61.